The molecule has 0 saturated heterocycles. The molecular formula is C27H36ClN11O7S2. The molecule has 2 atom stereocenters. The van der Waals surface area contributed by atoms with Gasteiger partial charge < -0.3 is 21.5 Å². The molecule has 2 aromatic carbocycles. The number of benzene rings is 2. The number of halogens is 1. The van der Waals surface area contributed by atoms with E-state index in [1.54, 1.807) is 75.5 Å². The van der Waals surface area contributed by atoms with Crippen LogP contribution in [0.25, 0.3) is 0 Å². The molecule has 48 heavy (non-hydrogen) atoms. The molecule has 0 radical (unpaired) electrons. The summed E-state index contributed by atoms with van der Waals surface area (Å²) in [6.45, 7) is 11.5. The third-order valence-electron chi connectivity index (χ3n) is 5.69. The number of aromatic nitrogens is 6. The van der Waals surface area contributed by atoms with Crippen LogP contribution in [0.5, 0.6) is 0 Å². The van der Waals surface area contributed by atoms with Crippen LogP contribution in [-0.2, 0) is 30.2 Å². The Morgan fingerprint density at radius 2 is 1.42 bits per heavy atom. The number of nitrogens with zero attached hydrogens (tertiary/aromatic N) is 5. The molecule has 260 valence electrons. The van der Waals surface area contributed by atoms with Crippen LogP contribution in [-0.4, -0.2) is 71.0 Å². The van der Waals surface area contributed by atoms with Crippen molar-refractivity contribution in [3.8, 4) is 0 Å². The van der Waals surface area contributed by atoms with Crippen LogP contribution < -0.4 is 38.3 Å². The molecule has 6 N–H and O–H groups in total. The van der Waals surface area contributed by atoms with Crippen LogP contribution in [0.1, 0.15) is 11.6 Å². The maximum absolute atomic E-state index is 12.3. The zero-order valence-electron chi connectivity index (χ0n) is 26.4. The fourth-order valence-corrected chi connectivity index (χ4v) is 5.10. The summed E-state index contributed by atoms with van der Waals surface area (Å²) in [4.78, 5) is 35.4. The standard InChI is InChI=1S/C14H18N6O4S.C9H10ClNO2S.C4H8N4O/c1-4-9-16-11-7-5-6-8-12(11)25(23)24-18-13(21)20-14(22)19(15-3)10(2)17-20;1-2-7-11-8-5-3-4-6-9(8)14(12)13-10;1-3-6-7-4(9)8(3)5-2/h4-8,15-16H,1,9H2,2-3H3,(H,18,21);2-6,11H,1,7H2;5H,1-2H3,(H,7,9). The second-order valence-electron chi connectivity index (χ2n) is 8.79. The van der Waals surface area contributed by atoms with Gasteiger partial charge in [-0.15, -0.1) is 22.9 Å². The predicted molar refractivity (Wildman–Crippen MR) is 184 cm³/mol. The number of aryl methyl sites for hydroxylation is 2. The van der Waals surface area contributed by atoms with Crippen molar-refractivity contribution < 1.29 is 21.2 Å². The highest BCUT2D eigenvalue weighted by molar-refractivity contribution is 7.81. The van der Waals surface area contributed by atoms with Crippen LogP contribution >= 0.6 is 11.9 Å². The summed E-state index contributed by atoms with van der Waals surface area (Å²) < 4.78 is 35.6. The summed E-state index contributed by atoms with van der Waals surface area (Å²) in [5.41, 5.74) is 7.54. The van der Waals surface area contributed by atoms with E-state index in [-0.39, 0.29) is 11.5 Å². The summed E-state index contributed by atoms with van der Waals surface area (Å²) in [6, 6.07) is 12.9. The highest BCUT2D eigenvalue weighted by Crippen LogP contribution is 2.20. The fourth-order valence-electron chi connectivity index (χ4n) is 3.57. The van der Waals surface area contributed by atoms with Gasteiger partial charge >= 0.3 is 17.4 Å². The molecule has 0 spiro atoms. The monoisotopic (exact) mass is 725 g/mol. The number of amides is 1. The Morgan fingerprint density at radius 3 is 1.83 bits per heavy atom. The first-order valence-electron chi connectivity index (χ1n) is 13.7. The topological polar surface area (TPSA) is 220 Å². The van der Waals surface area contributed by atoms with E-state index in [4.69, 9.17) is 16.1 Å². The lowest BCUT2D eigenvalue weighted by molar-refractivity contribution is 0.186. The van der Waals surface area contributed by atoms with Crippen LogP contribution in [0, 0.1) is 13.8 Å². The molecule has 2 heterocycles. The van der Waals surface area contributed by atoms with Crippen molar-refractivity contribution >= 4 is 51.4 Å². The number of nitrogens with one attached hydrogen (secondary N) is 6. The van der Waals surface area contributed by atoms with Gasteiger partial charge in [0.2, 0.25) is 22.2 Å². The van der Waals surface area contributed by atoms with E-state index in [0.29, 0.717) is 39.1 Å². The highest BCUT2D eigenvalue weighted by Gasteiger charge is 2.18. The van der Waals surface area contributed by atoms with Crippen molar-refractivity contribution in [3.63, 3.8) is 0 Å². The van der Waals surface area contributed by atoms with Crippen molar-refractivity contribution in [2.75, 3.05) is 48.7 Å². The summed E-state index contributed by atoms with van der Waals surface area (Å²) in [5, 5.41) is 15.7. The molecule has 2 unspecified atom stereocenters. The molecule has 0 aliphatic carbocycles. The molecule has 0 aliphatic rings. The van der Waals surface area contributed by atoms with Gasteiger partial charge in [0.05, 0.1) is 33.0 Å². The number of aromatic amines is 1. The Balaban J connectivity index is 0.000000290. The number of carbonyl (C=O) groups excluding carboxylic acids is 1. The lowest BCUT2D eigenvalue weighted by Crippen LogP contribution is -2.39. The summed E-state index contributed by atoms with van der Waals surface area (Å²) in [5.74, 6) is 0.908. The second-order valence-corrected chi connectivity index (χ2v) is 11.3. The molecule has 21 heteroatoms. The van der Waals surface area contributed by atoms with Crippen molar-refractivity contribution in [2.45, 2.75) is 23.6 Å². The molecule has 2 aromatic heterocycles. The third kappa shape index (κ3) is 11.1. The number of hydrogen-bond donors (Lipinski definition) is 6. The molecular weight excluding hydrogens is 690 g/mol. The number of carbonyl (C=O) groups is 1. The first-order valence-corrected chi connectivity index (χ1v) is 16.2. The van der Waals surface area contributed by atoms with E-state index in [1.165, 1.54) is 11.7 Å². The Labute approximate surface area is 285 Å². The Bertz CT molecular complexity index is 1840. The van der Waals surface area contributed by atoms with Crippen LogP contribution in [0.15, 0.2) is 93.2 Å². The molecule has 0 bridgehead atoms. The van der Waals surface area contributed by atoms with E-state index in [1.807, 2.05) is 11.5 Å². The minimum Gasteiger partial charge on any atom is -0.381 e. The Kier molecular flexibility index (Phi) is 16.5. The molecule has 4 rings (SSSR count). The summed E-state index contributed by atoms with van der Waals surface area (Å²) in [6.07, 6.45) is 3.36. The van der Waals surface area contributed by atoms with Crippen LogP contribution in [0.2, 0.25) is 0 Å². The Hall–Kier alpha value is -5.02. The number of rotatable bonds is 13. The van der Waals surface area contributed by atoms with E-state index < -0.39 is 33.9 Å². The molecule has 18 nitrogen and oxygen atoms in total. The van der Waals surface area contributed by atoms with Gasteiger partial charge in [-0.2, -0.15) is 28.0 Å². The smallest absolute Gasteiger partial charge is 0.373 e. The maximum Gasteiger partial charge on any atom is 0.373 e. The lowest BCUT2D eigenvalue weighted by Gasteiger charge is -2.10. The molecule has 1 amide bonds. The van der Waals surface area contributed by atoms with Crippen LogP contribution in [0.4, 0.5) is 16.2 Å². The van der Waals surface area contributed by atoms with Gasteiger partial charge in [-0.05, 0) is 38.1 Å². The van der Waals surface area contributed by atoms with Crippen molar-refractivity contribution in [2.24, 2.45) is 0 Å². The summed E-state index contributed by atoms with van der Waals surface area (Å²) >= 11 is 1.41. The number of para-hydroxylation sites is 2. The quantitative estimate of drug-likeness (QED) is 0.0857. The highest BCUT2D eigenvalue weighted by atomic mass is 35.5. The van der Waals surface area contributed by atoms with Gasteiger partial charge in [-0.1, -0.05) is 36.4 Å². The van der Waals surface area contributed by atoms with Gasteiger partial charge in [0.1, 0.15) is 5.82 Å². The van der Waals surface area contributed by atoms with Crippen LogP contribution in [0.3, 0.4) is 0 Å². The summed E-state index contributed by atoms with van der Waals surface area (Å²) in [7, 11) is 3.17. The van der Waals surface area contributed by atoms with Crippen molar-refractivity contribution in [1.29, 1.82) is 0 Å². The van der Waals surface area contributed by atoms with Crippen molar-refractivity contribution in [3.05, 3.63) is 106 Å². The minimum atomic E-state index is -1.99. The molecule has 0 saturated carbocycles. The molecule has 4 aromatic rings. The van der Waals surface area contributed by atoms with E-state index in [2.05, 4.69) is 53.7 Å². The van der Waals surface area contributed by atoms with Gasteiger partial charge in [-0.25, -0.2) is 27.9 Å². The average Bonchev–Trinajstić information content (AvgIpc) is 3.59. The largest absolute Gasteiger partial charge is 0.381 e. The zero-order chi connectivity index (χ0) is 35.6. The number of H-pyrrole nitrogens is 1. The number of hydrogen-bond acceptors (Lipinski definition) is 13. The van der Waals surface area contributed by atoms with Gasteiger partial charge in [0.15, 0.2) is 5.82 Å². The van der Waals surface area contributed by atoms with Gasteiger partial charge in [0, 0.05) is 27.2 Å². The number of hydroxylamine groups is 1. The number of anilines is 2. The van der Waals surface area contributed by atoms with Gasteiger partial charge in [-0.3, -0.25) is 0 Å². The third-order valence-corrected chi connectivity index (χ3v) is 7.81. The SMILES string of the molecule is C=CCNc1ccccc1S(=O)OCl.C=CCNc1ccccc1S(=O)ONC(=O)n1nc(C)n(NC)c1=O.CNn1c(C)n[nH]c1=O. The second kappa shape index (κ2) is 20.3. The molecule has 0 fully saturated rings. The van der Waals surface area contributed by atoms with E-state index in [0.717, 1.165) is 10.4 Å². The zero-order valence-corrected chi connectivity index (χ0v) is 28.8. The van der Waals surface area contributed by atoms with E-state index in [9.17, 15) is 22.8 Å². The molecule has 0 aliphatic heterocycles. The van der Waals surface area contributed by atoms with Gasteiger partial charge in [0.25, 0.3) is 0 Å². The first kappa shape index (κ1) is 39.2. The fraction of sp³-hybridized carbons (Fsp3) is 0.222. The minimum absolute atomic E-state index is 0.241. The maximum atomic E-state index is 12.3. The normalized spacial score (nSPS) is 11.4. The lowest BCUT2D eigenvalue weighted by atomic mass is 10.3. The Morgan fingerprint density at radius 1 is 0.896 bits per heavy atom. The van der Waals surface area contributed by atoms with Crippen molar-refractivity contribution in [1.82, 2.24) is 34.8 Å². The first-order chi connectivity index (χ1) is 23.0. The predicted octanol–water partition coefficient (Wildman–Crippen LogP) is 1.87. The average molecular weight is 726 g/mol. The van der Waals surface area contributed by atoms with E-state index >= 15 is 0 Å².